The van der Waals surface area contributed by atoms with Crippen molar-refractivity contribution in [2.75, 3.05) is 26.2 Å². The molecular formula is C32H50N4. The molecule has 2 aliphatic rings. The standard InChI is InChI=1S/C19H31N3.C13H19N/c1-5-7-10-21-15(3)19(18(6-2)17-8-9-17)16(4)22-13-11-20-12-14-22;1-4-6-7-9-13(11-14)10-12(3)8-5-2/h6-7,10,17,20H,5,8-9,11-14H2,1-4H3;6-7,9-10H,4-5,8H2,1-3H3/b10-7+,18-6-,19-16-,21-15+;7-6+,12-10+,13-9+. The second-order valence-corrected chi connectivity index (χ2v) is 9.53. The van der Waals surface area contributed by atoms with Gasteiger partial charge in [-0.15, -0.1) is 0 Å². The summed E-state index contributed by atoms with van der Waals surface area (Å²) < 4.78 is 0. The molecule has 198 valence electrons. The van der Waals surface area contributed by atoms with Crippen LogP contribution in [0, 0.1) is 17.2 Å². The van der Waals surface area contributed by atoms with Gasteiger partial charge in [-0.05, 0) is 83.4 Å². The van der Waals surface area contributed by atoms with Gasteiger partial charge in [-0.3, -0.25) is 4.99 Å². The van der Waals surface area contributed by atoms with Gasteiger partial charge in [0.25, 0.3) is 0 Å². The van der Waals surface area contributed by atoms with Crippen LogP contribution in [-0.4, -0.2) is 36.8 Å². The van der Waals surface area contributed by atoms with Gasteiger partial charge in [-0.2, -0.15) is 5.26 Å². The summed E-state index contributed by atoms with van der Waals surface area (Å²) in [5.74, 6) is 0.748. The summed E-state index contributed by atoms with van der Waals surface area (Å²) in [5.41, 5.74) is 7.44. The van der Waals surface area contributed by atoms with E-state index in [-0.39, 0.29) is 0 Å². The molecule has 0 spiro atoms. The van der Waals surface area contributed by atoms with Gasteiger partial charge >= 0.3 is 0 Å². The average molecular weight is 491 g/mol. The van der Waals surface area contributed by atoms with Gasteiger partial charge in [0.2, 0.25) is 0 Å². The van der Waals surface area contributed by atoms with E-state index in [4.69, 9.17) is 10.3 Å². The maximum atomic E-state index is 8.85. The van der Waals surface area contributed by atoms with Crippen molar-refractivity contribution in [2.24, 2.45) is 10.9 Å². The average Bonchev–Trinajstić information content (AvgIpc) is 3.73. The van der Waals surface area contributed by atoms with E-state index >= 15 is 0 Å². The van der Waals surface area contributed by atoms with Crippen LogP contribution in [0.4, 0.5) is 0 Å². The van der Waals surface area contributed by atoms with Gasteiger partial charge < -0.3 is 10.2 Å². The highest BCUT2D eigenvalue weighted by molar-refractivity contribution is 6.03. The molecule has 0 aromatic heterocycles. The Morgan fingerprint density at radius 2 is 1.72 bits per heavy atom. The minimum absolute atomic E-state index is 0.737. The predicted octanol–water partition coefficient (Wildman–Crippen LogP) is 8.06. The van der Waals surface area contributed by atoms with Gasteiger partial charge in [-0.25, -0.2) is 0 Å². The maximum Gasteiger partial charge on any atom is 0.0991 e. The highest BCUT2D eigenvalue weighted by Crippen LogP contribution is 2.41. The van der Waals surface area contributed by atoms with Crippen molar-refractivity contribution in [1.82, 2.24) is 10.2 Å². The van der Waals surface area contributed by atoms with Crippen LogP contribution in [0.3, 0.4) is 0 Å². The topological polar surface area (TPSA) is 51.4 Å². The summed E-state index contributed by atoms with van der Waals surface area (Å²) in [6.07, 6.45) is 21.1. The van der Waals surface area contributed by atoms with E-state index in [1.807, 2.05) is 30.5 Å². The van der Waals surface area contributed by atoms with E-state index in [1.165, 1.54) is 35.3 Å². The molecular weight excluding hydrogens is 440 g/mol. The Kier molecular flexibility index (Phi) is 16.2. The molecule has 1 aliphatic carbocycles. The van der Waals surface area contributed by atoms with Gasteiger partial charge in [0, 0.05) is 49.4 Å². The van der Waals surface area contributed by atoms with E-state index in [9.17, 15) is 0 Å². The number of allylic oxidation sites excluding steroid dienone is 11. The quantitative estimate of drug-likeness (QED) is 0.181. The summed E-state index contributed by atoms with van der Waals surface area (Å²) in [7, 11) is 0. The molecule has 0 aromatic carbocycles. The molecule has 0 amide bonds. The first-order valence-corrected chi connectivity index (χ1v) is 13.9. The Labute approximate surface area is 222 Å². The lowest BCUT2D eigenvalue weighted by Crippen LogP contribution is -2.43. The smallest absolute Gasteiger partial charge is 0.0991 e. The minimum atomic E-state index is 0.737. The lowest BCUT2D eigenvalue weighted by atomic mass is 9.95. The van der Waals surface area contributed by atoms with Crippen molar-refractivity contribution < 1.29 is 0 Å². The Morgan fingerprint density at radius 3 is 2.25 bits per heavy atom. The highest BCUT2D eigenvalue weighted by atomic mass is 15.2. The lowest BCUT2D eigenvalue weighted by molar-refractivity contribution is 0.298. The molecule has 1 saturated heterocycles. The lowest BCUT2D eigenvalue weighted by Gasteiger charge is -2.32. The fourth-order valence-corrected chi connectivity index (χ4v) is 4.31. The van der Waals surface area contributed by atoms with E-state index in [2.05, 4.69) is 76.9 Å². The molecule has 1 N–H and O–H groups in total. The first-order valence-electron chi connectivity index (χ1n) is 13.9. The molecule has 4 nitrogen and oxygen atoms in total. The van der Waals surface area contributed by atoms with E-state index < -0.39 is 0 Å². The third kappa shape index (κ3) is 11.9. The fourth-order valence-electron chi connectivity index (χ4n) is 4.31. The van der Waals surface area contributed by atoms with Crippen LogP contribution in [0.15, 0.2) is 75.6 Å². The first-order chi connectivity index (χ1) is 17.4. The molecule has 1 saturated carbocycles. The number of hydrogen-bond acceptors (Lipinski definition) is 4. The van der Waals surface area contributed by atoms with Crippen molar-refractivity contribution in [1.29, 1.82) is 5.26 Å². The van der Waals surface area contributed by atoms with Crippen LogP contribution in [0.2, 0.25) is 0 Å². The van der Waals surface area contributed by atoms with Crippen molar-refractivity contribution in [3.8, 4) is 6.07 Å². The van der Waals surface area contributed by atoms with Crippen LogP contribution in [0.1, 0.15) is 87.0 Å². The van der Waals surface area contributed by atoms with E-state index in [0.717, 1.165) is 69.1 Å². The zero-order chi connectivity index (χ0) is 26.8. The summed E-state index contributed by atoms with van der Waals surface area (Å²) in [6, 6.07) is 2.18. The molecule has 0 bridgehead atoms. The fraction of sp³-hybridized carbons (Fsp3) is 0.562. The number of nitrogens with one attached hydrogen (secondary N) is 1. The van der Waals surface area contributed by atoms with Crippen LogP contribution in [0.5, 0.6) is 0 Å². The molecule has 36 heavy (non-hydrogen) atoms. The Morgan fingerprint density at radius 1 is 1.06 bits per heavy atom. The monoisotopic (exact) mass is 490 g/mol. The predicted molar refractivity (Wildman–Crippen MR) is 158 cm³/mol. The molecule has 0 radical (unpaired) electrons. The van der Waals surface area contributed by atoms with Crippen LogP contribution in [-0.2, 0) is 0 Å². The molecule has 1 aliphatic heterocycles. The van der Waals surface area contributed by atoms with Gasteiger partial charge in [-0.1, -0.05) is 57.1 Å². The summed E-state index contributed by atoms with van der Waals surface area (Å²) in [6.45, 7) is 19.4. The molecule has 2 fully saturated rings. The highest BCUT2D eigenvalue weighted by Gasteiger charge is 2.30. The van der Waals surface area contributed by atoms with E-state index in [1.54, 1.807) is 0 Å². The Bertz CT molecular complexity index is 908. The van der Waals surface area contributed by atoms with Crippen molar-refractivity contribution in [3.05, 3.63) is 70.6 Å². The number of piperazine rings is 1. The maximum absolute atomic E-state index is 8.85. The molecule has 4 heteroatoms. The number of hydrogen-bond donors (Lipinski definition) is 1. The molecule has 0 atom stereocenters. The molecule has 1 heterocycles. The summed E-state index contributed by atoms with van der Waals surface area (Å²) >= 11 is 0. The second-order valence-electron chi connectivity index (χ2n) is 9.53. The Hall–Kier alpha value is -2.64. The minimum Gasteiger partial charge on any atom is -0.372 e. The van der Waals surface area contributed by atoms with Crippen LogP contribution in [0.25, 0.3) is 0 Å². The van der Waals surface area contributed by atoms with Gasteiger partial charge in [0.15, 0.2) is 0 Å². The zero-order valence-electron chi connectivity index (χ0n) is 24.0. The number of rotatable bonds is 11. The van der Waals surface area contributed by atoms with Crippen molar-refractivity contribution in [3.63, 3.8) is 0 Å². The summed E-state index contributed by atoms with van der Waals surface area (Å²) in [4.78, 5) is 7.22. The van der Waals surface area contributed by atoms with Gasteiger partial charge in [0.1, 0.15) is 0 Å². The third-order valence-electron chi connectivity index (χ3n) is 6.36. The van der Waals surface area contributed by atoms with Gasteiger partial charge in [0.05, 0.1) is 11.6 Å². The first kappa shape index (κ1) is 31.4. The number of nitriles is 1. The van der Waals surface area contributed by atoms with Crippen LogP contribution >= 0.6 is 0 Å². The van der Waals surface area contributed by atoms with E-state index in [0.29, 0.717) is 0 Å². The zero-order valence-corrected chi connectivity index (χ0v) is 24.0. The number of nitrogens with zero attached hydrogens (tertiary/aromatic N) is 3. The van der Waals surface area contributed by atoms with Crippen molar-refractivity contribution >= 4 is 5.71 Å². The molecule has 0 unspecified atom stereocenters. The normalized spacial score (nSPS) is 18.8. The summed E-state index contributed by atoms with van der Waals surface area (Å²) in [5, 5.41) is 12.3. The third-order valence-corrected chi connectivity index (χ3v) is 6.36. The van der Waals surface area contributed by atoms with Crippen molar-refractivity contribution in [2.45, 2.75) is 87.0 Å². The Balaban J connectivity index is 0.000000402. The molecule has 2 rings (SSSR count). The largest absolute Gasteiger partial charge is 0.372 e. The van der Waals surface area contributed by atoms with Crippen LogP contribution < -0.4 is 5.32 Å². The molecule has 0 aromatic rings. The SMILES string of the molecule is CC/C=C/C=C(C#N)\C=C(/C)CCC.C\C=C(C(/C(C)=N/C=C/CC)=C(/C)N1CCNCC1)\C1CC1. The second kappa shape index (κ2) is 18.6. The number of aliphatic imine (C=N–C) groups is 1.